The number of rotatable bonds is 48. The lowest BCUT2D eigenvalue weighted by molar-refractivity contribution is -0.126. The fraction of sp³-hybridized carbons (Fsp3) is 0.569. The van der Waals surface area contributed by atoms with Crippen LogP contribution in [0.5, 0.6) is 0 Å². The molecule has 3 aromatic carbocycles. The first-order chi connectivity index (χ1) is 38.3. The maximum atomic E-state index is 13.3. The number of Topliss-reactive ketones (excluding diaryl/α,β-unsaturated/α-hetero) is 2. The Morgan fingerprint density at radius 1 is 0.449 bits per heavy atom. The number of nitrogens with one attached hydrogen (secondary N) is 2. The smallest absolute Gasteiger partial charge is 0.227 e. The van der Waals surface area contributed by atoms with Gasteiger partial charge < -0.3 is 72.4 Å². The van der Waals surface area contributed by atoms with E-state index < -0.39 is 0 Å². The van der Waals surface area contributed by atoms with E-state index >= 15 is 0 Å². The molecule has 20 heteroatoms. The second-order valence-corrected chi connectivity index (χ2v) is 17.5. The van der Waals surface area contributed by atoms with Crippen LogP contribution in [-0.4, -0.2) is 194 Å². The average molecular weight is 1090 g/mol. The first kappa shape index (κ1) is 65.0. The van der Waals surface area contributed by atoms with E-state index in [-0.39, 0.29) is 61.6 Å². The molecule has 3 amide bonds. The number of ketones is 2. The number of amides is 3. The summed E-state index contributed by atoms with van der Waals surface area (Å²) in [5, 5.41) is 5.64. The highest BCUT2D eigenvalue weighted by atomic mass is 16.6. The quantitative estimate of drug-likeness (QED) is 0.0450. The lowest BCUT2D eigenvalue weighted by Crippen LogP contribution is -2.34. The maximum absolute atomic E-state index is 13.3. The van der Waals surface area contributed by atoms with E-state index in [4.69, 9.17) is 56.8 Å². The van der Waals surface area contributed by atoms with Crippen LogP contribution < -0.4 is 15.5 Å². The van der Waals surface area contributed by atoms with Gasteiger partial charge in [-0.05, 0) is 54.8 Å². The van der Waals surface area contributed by atoms with Gasteiger partial charge in [0.05, 0.1) is 184 Å². The molecular weight excluding hydrogens is 1010 g/mol. The number of ether oxygens (including phenoxy) is 12. The first-order valence-electron chi connectivity index (χ1n) is 26.9. The van der Waals surface area contributed by atoms with Crippen LogP contribution >= 0.6 is 0 Å². The number of hydrogen-bond acceptors (Lipinski definition) is 17. The second-order valence-electron chi connectivity index (χ2n) is 17.5. The van der Waals surface area contributed by atoms with E-state index in [1.807, 2.05) is 60.7 Å². The summed E-state index contributed by atoms with van der Waals surface area (Å²) < 4.78 is 66.2. The fourth-order valence-corrected chi connectivity index (χ4v) is 7.23. The zero-order valence-corrected chi connectivity index (χ0v) is 45.4. The van der Waals surface area contributed by atoms with Crippen LogP contribution in [0.4, 0.5) is 11.4 Å². The van der Waals surface area contributed by atoms with Crippen molar-refractivity contribution in [2.75, 3.05) is 175 Å². The van der Waals surface area contributed by atoms with E-state index in [0.29, 0.717) is 184 Å². The normalized spacial score (nSPS) is 11.7. The molecule has 0 bridgehead atoms. The van der Waals surface area contributed by atoms with Crippen LogP contribution in [0.15, 0.2) is 72.8 Å². The highest BCUT2D eigenvalue weighted by Gasteiger charge is 2.22. The topological polar surface area (TPSA) is 223 Å². The van der Waals surface area contributed by atoms with Crippen LogP contribution in [0.3, 0.4) is 0 Å². The summed E-state index contributed by atoms with van der Waals surface area (Å²) in [6, 6.07) is 22.7. The van der Waals surface area contributed by atoms with Gasteiger partial charge in [-0.1, -0.05) is 54.3 Å². The number of nitrogens with zero attached hydrogens (tertiary/aromatic N) is 1. The number of fused-ring (bicyclic) bond motifs is 2. The van der Waals surface area contributed by atoms with Crippen molar-refractivity contribution in [2.45, 2.75) is 52.0 Å². The van der Waals surface area contributed by atoms with Crippen molar-refractivity contribution in [3.63, 3.8) is 0 Å². The molecular formula is C58H81N3O17. The van der Waals surface area contributed by atoms with Gasteiger partial charge in [0.25, 0.3) is 0 Å². The van der Waals surface area contributed by atoms with Crippen LogP contribution in [0.2, 0.25) is 0 Å². The van der Waals surface area contributed by atoms with E-state index in [1.54, 1.807) is 17.0 Å². The molecule has 0 saturated heterocycles. The monoisotopic (exact) mass is 1090 g/mol. The number of para-hydroxylation sites is 1. The summed E-state index contributed by atoms with van der Waals surface area (Å²) in [5.74, 6) is 5.70. The van der Waals surface area contributed by atoms with Gasteiger partial charge in [0.15, 0.2) is 0 Å². The van der Waals surface area contributed by atoms with Crippen LogP contribution in [0.25, 0.3) is 0 Å². The molecule has 20 nitrogen and oxygen atoms in total. The predicted molar refractivity (Wildman–Crippen MR) is 290 cm³/mol. The Morgan fingerprint density at radius 2 is 0.872 bits per heavy atom. The molecule has 4 rings (SSSR count). The lowest BCUT2D eigenvalue weighted by Gasteiger charge is -2.26. The molecule has 0 atom stereocenters. The molecule has 78 heavy (non-hydrogen) atoms. The van der Waals surface area contributed by atoms with Gasteiger partial charge in [0.2, 0.25) is 17.7 Å². The number of aryl methyl sites for hydroxylation is 1. The number of carbonyl (C=O) groups excluding carboxylic acids is 5. The van der Waals surface area contributed by atoms with Crippen molar-refractivity contribution >= 4 is 40.7 Å². The van der Waals surface area contributed by atoms with Gasteiger partial charge in [-0.15, -0.1) is 0 Å². The average Bonchev–Trinajstić information content (AvgIpc) is 3.44. The summed E-state index contributed by atoms with van der Waals surface area (Å²) in [6.45, 7) is 12.4. The Kier molecular flexibility index (Phi) is 36.2. The molecule has 1 aliphatic heterocycles. The Bertz CT molecular complexity index is 2200. The molecule has 430 valence electrons. The second kappa shape index (κ2) is 43.4. The minimum absolute atomic E-state index is 0.0284. The summed E-state index contributed by atoms with van der Waals surface area (Å²) in [4.78, 5) is 62.5. The van der Waals surface area contributed by atoms with Crippen molar-refractivity contribution in [2.24, 2.45) is 0 Å². The Hall–Kier alpha value is -5.51. The summed E-state index contributed by atoms with van der Waals surface area (Å²) in [7, 11) is 0. The molecule has 3 aromatic rings. The third kappa shape index (κ3) is 31.8. The minimum Gasteiger partial charge on any atom is -0.379 e. The van der Waals surface area contributed by atoms with Crippen molar-refractivity contribution in [1.29, 1.82) is 0 Å². The van der Waals surface area contributed by atoms with Crippen LogP contribution in [0, 0.1) is 11.8 Å². The number of anilines is 2. The zero-order valence-electron chi connectivity index (χ0n) is 45.4. The highest BCUT2D eigenvalue weighted by molar-refractivity contribution is 5.98. The van der Waals surface area contributed by atoms with Gasteiger partial charge in [-0.25, -0.2) is 0 Å². The molecule has 1 aliphatic rings. The molecule has 0 fully saturated rings. The van der Waals surface area contributed by atoms with E-state index in [2.05, 4.69) is 22.5 Å². The van der Waals surface area contributed by atoms with Crippen LogP contribution in [-0.2, 0) is 93.8 Å². The Labute approximate surface area is 459 Å². The summed E-state index contributed by atoms with van der Waals surface area (Å²) in [5.41, 5.74) is 5.01. The Morgan fingerprint density at radius 3 is 1.36 bits per heavy atom. The lowest BCUT2D eigenvalue weighted by atomic mass is 10.0. The SMILES string of the molecule is CC(=O)CC(=O)CCc1ccc(NC(=O)CCOCCOCCOCCOCCOCCOCCOCCOCCOCCOCCOCCOCCNC(=O)CCC(=O)N2Cc3ccccc3C#Cc3ccccc32)cc1. The number of carbonyl (C=O) groups is 5. The fourth-order valence-electron chi connectivity index (χ4n) is 7.23. The first-order valence-corrected chi connectivity index (χ1v) is 26.9. The third-order valence-corrected chi connectivity index (χ3v) is 11.2. The zero-order chi connectivity index (χ0) is 55.4. The minimum atomic E-state index is -0.209. The van der Waals surface area contributed by atoms with Gasteiger partial charge in [-0.2, -0.15) is 0 Å². The molecule has 0 saturated carbocycles. The van der Waals surface area contributed by atoms with E-state index in [0.717, 1.165) is 27.9 Å². The van der Waals surface area contributed by atoms with Crippen LogP contribution in [0.1, 0.15) is 61.3 Å². The number of benzene rings is 3. The summed E-state index contributed by atoms with van der Waals surface area (Å²) in [6.07, 6.45) is 1.21. The van der Waals surface area contributed by atoms with Gasteiger partial charge in [-0.3, -0.25) is 24.0 Å². The largest absolute Gasteiger partial charge is 0.379 e. The van der Waals surface area contributed by atoms with Crippen molar-refractivity contribution < 1.29 is 80.8 Å². The molecule has 0 unspecified atom stereocenters. The van der Waals surface area contributed by atoms with Crippen molar-refractivity contribution in [3.8, 4) is 11.8 Å². The molecule has 1 heterocycles. The summed E-state index contributed by atoms with van der Waals surface area (Å²) >= 11 is 0. The van der Waals surface area contributed by atoms with Gasteiger partial charge >= 0.3 is 0 Å². The van der Waals surface area contributed by atoms with Gasteiger partial charge in [0, 0.05) is 42.6 Å². The third-order valence-electron chi connectivity index (χ3n) is 11.2. The van der Waals surface area contributed by atoms with Crippen molar-refractivity contribution in [3.05, 3.63) is 95.1 Å². The molecule has 0 radical (unpaired) electrons. The molecule has 0 aromatic heterocycles. The van der Waals surface area contributed by atoms with Gasteiger partial charge in [0.1, 0.15) is 11.6 Å². The molecule has 0 spiro atoms. The Balaban J connectivity index is 0.776. The highest BCUT2D eigenvalue weighted by Crippen LogP contribution is 2.26. The predicted octanol–water partition coefficient (Wildman–Crippen LogP) is 4.54. The maximum Gasteiger partial charge on any atom is 0.227 e. The van der Waals surface area contributed by atoms with Crippen molar-refractivity contribution in [1.82, 2.24) is 5.32 Å². The van der Waals surface area contributed by atoms with E-state index in [9.17, 15) is 24.0 Å². The molecule has 0 aliphatic carbocycles. The van der Waals surface area contributed by atoms with E-state index in [1.165, 1.54) is 6.92 Å². The number of hydrogen-bond donors (Lipinski definition) is 2. The molecule has 2 N–H and O–H groups in total. The standard InChI is InChI=1S/C58H81N3O17/c1-48(62)46-54(63)17-12-49-10-15-53(16-11-49)60-57(65)20-22-67-24-26-69-28-30-71-32-34-73-36-38-75-40-42-77-44-45-78-43-41-76-39-37-74-35-33-72-31-29-70-27-25-68-23-21-59-56(64)18-19-58(66)61-47-52-8-3-2-6-50(52)13-14-51-7-4-5-9-55(51)61/h2-11,15-16H,12,17-47H2,1H3,(H,59,64)(H,60,65).